The Labute approximate surface area is 86.4 Å². The number of carboxylic acid groups (broad SMARTS) is 1. The second kappa shape index (κ2) is 4.11. The van der Waals surface area contributed by atoms with Crippen molar-refractivity contribution in [2.75, 3.05) is 0 Å². The van der Waals surface area contributed by atoms with Crippen molar-refractivity contribution in [2.24, 2.45) is 0 Å². The minimum Gasteiger partial charge on any atom is -0.481 e. The van der Waals surface area contributed by atoms with Gasteiger partial charge in [0.15, 0.2) is 0 Å². The van der Waals surface area contributed by atoms with Crippen LogP contribution in [0.15, 0.2) is 24.3 Å². The average Bonchev–Trinajstić information content (AvgIpc) is 2.44. The van der Waals surface area contributed by atoms with Gasteiger partial charge in [-0.05, 0) is 12.1 Å². The molecule has 0 saturated carbocycles. The molecule has 1 heterocycles. The number of carbonyl (C=O) groups is 1. The van der Waals surface area contributed by atoms with Crippen molar-refractivity contribution in [1.82, 2.24) is 9.97 Å². The number of hydrogen-bond donors (Lipinski definition) is 2. The zero-order valence-electron chi connectivity index (χ0n) is 7.23. The average molecular weight is 213 g/mol. The number of halogens is 1. The molecule has 4 nitrogen and oxygen atoms in total. The Balaban J connectivity index is 0.000000980. The minimum absolute atomic E-state index is 0. The summed E-state index contributed by atoms with van der Waals surface area (Å²) in [7, 11) is 0. The number of fused-ring (bicyclic) bond motifs is 1. The van der Waals surface area contributed by atoms with Gasteiger partial charge in [0.2, 0.25) is 0 Å². The maximum Gasteiger partial charge on any atom is 0.311 e. The topological polar surface area (TPSA) is 66.0 Å². The molecule has 0 radical (unpaired) electrons. The van der Waals surface area contributed by atoms with Gasteiger partial charge in [0.1, 0.15) is 12.2 Å². The fourth-order valence-electron chi connectivity index (χ4n) is 1.23. The summed E-state index contributed by atoms with van der Waals surface area (Å²) in [5.74, 6) is -0.382. The molecule has 14 heavy (non-hydrogen) atoms. The number of hydrogen-bond acceptors (Lipinski definition) is 2. The molecule has 0 bridgehead atoms. The van der Waals surface area contributed by atoms with E-state index in [0.29, 0.717) is 5.82 Å². The fraction of sp³-hybridized carbons (Fsp3) is 0.111. The SMILES string of the molecule is Cl.O=C(O)Cc1nc2ccccc2[nH]1. The summed E-state index contributed by atoms with van der Waals surface area (Å²) in [5, 5.41) is 8.53. The maximum atomic E-state index is 10.4. The largest absolute Gasteiger partial charge is 0.481 e. The van der Waals surface area contributed by atoms with Gasteiger partial charge in [0.05, 0.1) is 11.0 Å². The molecule has 0 aliphatic carbocycles. The molecular weight excluding hydrogens is 204 g/mol. The van der Waals surface area contributed by atoms with Crippen LogP contribution in [0.3, 0.4) is 0 Å². The number of nitrogens with one attached hydrogen (secondary N) is 1. The quantitative estimate of drug-likeness (QED) is 0.795. The molecule has 74 valence electrons. The smallest absolute Gasteiger partial charge is 0.311 e. The Morgan fingerprint density at radius 3 is 2.79 bits per heavy atom. The summed E-state index contributed by atoms with van der Waals surface area (Å²) < 4.78 is 0. The van der Waals surface area contributed by atoms with Crippen molar-refractivity contribution < 1.29 is 9.90 Å². The second-order valence-electron chi connectivity index (χ2n) is 2.77. The fourth-order valence-corrected chi connectivity index (χ4v) is 1.23. The van der Waals surface area contributed by atoms with E-state index in [1.807, 2.05) is 24.3 Å². The van der Waals surface area contributed by atoms with Crippen molar-refractivity contribution in [3.05, 3.63) is 30.1 Å². The minimum atomic E-state index is -0.876. The number of para-hydroxylation sites is 2. The highest BCUT2D eigenvalue weighted by atomic mass is 35.5. The first-order valence-corrected chi connectivity index (χ1v) is 3.91. The normalized spacial score (nSPS) is 9.71. The van der Waals surface area contributed by atoms with E-state index in [2.05, 4.69) is 9.97 Å². The third kappa shape index (κ3) is 2.03. The molecule has 0 atom stereocenters. The second-order valence-corrected chi connectivity index (χ2v) is 2.77. The van der Waals surface area contributed by atoms with Crippen molar-refractivity contribution >= 4 is 29.4 Å². The highest BCUT2D eigenvalue weighted by Gasteiger charge is 2.05. The third-order valence-electron chi connectivity index (χ3n) is 1.76. The molecule has 0 unspecified atom stereocenters. The van der Waals surface area contributed by atoms with E-state index in [0.717, 1.165) is 11.0 Å². The number of aliphatic carboxylic acids is 1. The molecule has 2 rings (SSSR count). The van der Waals surface area contributed by atoms with E-state index in [1.54, 1.807) is 0 Å². The van der Waals surface area contributed by atoms with Gasteiger partial charge in [-0.15, -0.1) is 12.4 Å². The van der Waals surface area contributed by atoms with Crippen LogP contribution in [0, 0.1) is 0 Å². The Hall–Kier alpha value is -1.55. The van der Waals surface area contributed by atoms with Gasteiger partial charge in [-0.2, -0.15) is 0 Å². The zero-order valence-corrected chi connectivity index (χ0v) is 8.04. The number of imidazole rings is 1. The molecule has 1 aromatic carbocycles. The van der Waals surface area contributed by atoms with Gasteiger partial charge in [-0.3, -0.25) is 4.79 Å². The van der Waals surface area contributed by atoms with Gasteiger partial charge in [-0.1, -0.05) is 12.1 Å². The van der Waals surface area contributed by atoms with Crippen LogP contribution in [0.4, 0.5) is 0 Å². The lowest BCUT2D eigenvalue weighted by molar-refractivity contribution is -0.136. The number of rotatable bonds is 2. The van der Waals surface area contributed by atoms with Gasteiger partial charge in [0.25, 0.3) is 0 Å². The molecule has 5 heteroatoms. The molecule has 2 N–H and O–H groups in total. The number of carboxylic acids is 1. The number of benzene rings is 1. The Morgan fingerprint density at radius 1 is 1.43 bits per heavy atom. The summed E-state index contributed by atoms with van der Waals surface area (Å²) in [6.45, 7) is 0. The first-order valence-electron chi connectivity index (χ1n) is 3.91. The molecule has 0 amide bonds. The van der Waals surface area contributed by atoms with Crippen LogP contribution < -0.4 is 0 Å². The summed E-state index contributed by atoms with van der Waals surface area (Å²) in [4.78, 5) is 17.4. The van der Waals surface area contributed by atoms with Crippen LogP contribution in [-0.4, -0.2) is 21.0 Å². The highest BCUT2D eigenvalue weighted by Crippen LogP contribution is 2.10. The van der Waals surface area contributed by atoms with Crippen molar-refractivity contribution in [1.29, 1.82) is 0 Å². The highest BCUT2D eigenvalue weighted by molar-refractivity contribution is 5.85. The molecule has 0 saturated heterocycles. The van der Waals surface area contributed by atoms with E-state index >= 15 is 0 Å². The lowest BCUT2D eigenvalue weighted by Crippen LogP contribution is -2.01. The summed E-state index contributed by atoms with van der Waals surface area (Å²) in [6.07, 6.45) is -0.0608. The van der Waals surface area contributed by atoms with E-state index < -0.39 is 5.97 Å². The third-order valence-corrected chi connectivity index (χ3v) is 1.76. The number of aromatic nitrogens is 2. The molecule has 1 aromatic heterocycles. The summed E-state index contributed by atoms with van der Waals surface area (Å²) >= 11 is 0. The van der Waals surface area contributed by atoms with Gasteiger partial charge in [0, 0.05) is 0 Å². The van der Waals surface area contributed by atoms with Crippen LogP contribution in [0.2, 0.25) is 0 Å². The predicted octanol–water partition coefficient (Wildman–Crippen LogP) is 1.61. The lowest BCUT2D eigenvalue weighted by Gasteiger charge is -1.86. The molecular formula is C9H9ClN2O2. The Kier molecular flexibility index (Phi) is 3.09. The number of aromatic amines is 1. The summed E-state index contributed by atoms with van der Waals surface area (Å²) in [5.41, 5.74) is 1.68. The lowest BCUT2D eigenvalue weighted by atomic mass is 10.3. The standard InChI is InChI=1S/C9H8N2O2.ClH/c12-9(13)5-8-10-6-3-1-2-4-7(6)11-8;/h1-4H,5H2,(H,10,11)(H,12,13);1H. The van der Waals surface area contributed by atoms with Crippen LogP contribution in [0.5, 0.6) is 0 Å². The number of H-pyrrole nitrogens is 1. The molecule has 0 spiro atoms. The molecule has 0 aliphatic rings. The van der Waals surface area contributed by atoms with Gasteiger partial charge in [-0.25, -0.2) is 4.98 Å². The van der Waals surface area contributed by atoms with Crippen molar-refractivity contribution in [3.8, 4) is 0 Å². The first-order chi connectivity index (χ1) is 6.25. The maximum absolute atomic E-state index is 10.4. The van der Waals surface area contributed by atoms with Crippen LogP contribution in [0.25, 0.3) is 11.0 Å². The summed E-state index contributed by atoms with van der Waals surface area (Å²) in [6, 6.07) is 7.46. The van der Waals surface area contributed by atoms with Crippen molar-refractivity contribution in [3.63, 3.8) is 0 Å². The van der Waals surface area contributed by atoms with Gasteiger partial charge < -0.3 is 10.1 Å². The predicted molar refractivity (Wildman–Crippen MR) is 54.7 cm³/mol. The van der Waals surface area contributed by atoms with E-state index in [9.17, 15) is 4.79 Å². The van der Waals surface area contributed by atoms with Gasteiger partial charge >= 0.3 is 5.97 Å². The Morgan fingerprint density at radius 2 is 2.14 bits per heavy atom. The molecule has 0 fully saturated rings. The van der Waals surface area contributed by atoms with Crippen LogP contribution in [-0.2, 0) is 11.2 Å². The van der Waals surface area contributed by atoms with Crippen molar-refractivity contribution in [2.45, 2.75) is 6.42 Å². The zero-order chi connectivity index (χ0) is 9.26. The van der Waals surface area contributed by atoms with Crippen LogP contribution in [0.1, 0.15) is 5.82 Å². The Bertz CT molecular complexity index is 420. The van der Waals surface area contributed by atoms with E-state index in [4.69, 9.17) is 5.11 Å². The first kappa shape index (κ1) is 10.5. The van der Waals surface area contributed by atoms with E-state index in [-0.39, 0.29) is 18.8 Å². The number of nitrogens with zero attached hydrogens (tertiary/aromatic N) is 1. The molecule has 0 aliphatic heterocycles. The molecule has 2 aromatic rings. The monoisotopic (exact) mass is 212 g/mol. The van der Waals surface area contributed by atoms with E-state index in [1.165, 1.54) is 0 Å². The van der Waals surface area contributed by atoms with Crippen LogP contribution >= 0.6 is 12.4 Å².